The van der Waals surface area contributed by atoms with Gasteiger partial charge in [0.15, 0.2) is 0 Å². The van der Waals surface area contributed by atoms with Crippen molar-refractivity contribution in [2.75, 3.05) is 25.0 Å². The Morgan fingerprint density at radius 2 is 2.10 bits per heavy atom. The zero-order valence-corrected chi connectivity index (χ0v) is 13.7. The molecule has 0 saturated carbocycles. The summed E-state index contributed by atoms with van der Waals surface area (Å²) in [5.41, 5.74) is 2.45. The number of rotatable bonds is 4. The zero-order valence-electron chi connectivity index (χ0n) is 13.0. The average molecular weight is 295 g/mol. The van der Waals surface area contributed by atoms with E-state index < -0.39 is 0 Å². The monoisotopic (exact) mass is 294 g/mol. The van der Waals surface area contributed by atoms with Gasteiger partial charge in [-0.05, 0) is 55.8 Å². The first-order valence-electron chi connectivity index (χ1n) is 7.79. The molecular formula is C17H27ClN2. The summed E-state index contributed by atoms with van der Waals surface area (Å²) in [6.45, 7) is 7.84. The van der Waals surface area contributed by atoms with E-state index in [1.807, 2.05) is 7.05 Å². The van der Waals surface area contributed by atoms with Crippen molar-refractivity contribution in [1.29, 1.82) is 0 Å². The fraction of sp³-hybridized carbons (Fsp3) is 0.647. The van der Waals surface area contributed by atoms with Crippen LogP contribution in [-0.4, -0.2) is 20.1 Å². The summed E-state index contributed by atoms with van der Waals surface area (Å²) < 4.78 is 0. The first kappa shape index (κ1) is 15.7. The Kier molecular flexibility index (Phi) is 5.74. The van der Waals surface area contributed by atoms with E-state index in [9.17, 15) is 0 Å². The quantitative estimate of drug-likeness (QED) is 0.889. The van der Waals surface area contributed by atoms with Crippen molar-refractivity contribution in [3.05, 3.63) is 28.8 Å². The highest BCUT2D eigenvalue weighted by Crippen LogP contribution is 2.29. The molecule has 1 N–H and O–H groups in total. The van der Waals surface area contributed by atoms with Gasteiger partial charge in [0.2, 0.25) is 0 Å². The first-order chi connectivity index (χ1) is 9.61. The Morgan fingerprint density at radius 1 is 1.30 bits per heavy atom. The smallest absolute Gasteiger partial charge is 0.0471 e. The van der Waals surface area contributed by atoms with Crippen LogP contribution in [0.5, 0.6) is 0 Å². The van der Waals surface area contributed by atoms with Gasteiger partial charge in [0.25, 0.3) is 0 Å². The van der Waals surface area contributed by atoms with Crippen molar-refractivity contribution in [3.63, 3.8) is 0 Å². The third kappa shape index (κ3) is 3.89. The van der Waals surface area contributed by atoms with E-state index in [4.69, 9.17) is 11.6 Å². The van der Waals surface area contributed by atoms with E-state index in [1.54, 1.807) is 0 Å². The second-order valence-electron chi connectivity index (χ2n) is 6.23. The summed E-state index contributed by atoms with van der Waals surface area (Å²) in [7, 11) is 1.95. The van der Waals surface area contributed by atoms with Gasteiger partial charge in [0, 0.05) is 30.3 Å². The van der Waals surface area contributed by atoms with Gasteiger partial charge >= 0.3 is 0 Å². The highest BCUT2D eigenvalue weighted by molar-refractivity contribution is 6.31. The van der Waals surface area contributed by atoms with Crippen LogP contribution < -0.4 is 10.2 Å². The highest BCUT2D eigenvalue weighted by Gasteiger charge is 2.19. The molecule has 1 atom stereocenters. The lowest BCUT2D eigenvalue weighted by molar-refractivity contribution is 0.351. The van der Waals surface area contributed by atoms with E-state index in [-0.39, 0.29) is 0 Å². The lowest BCUT2D eigenvalue weighted by Crippen LogP contribution is -2.24. The van der Waals surface area contributed by atoms with Crippen LogP contribution in [0.3, 0.4) is 0 Å². The van der Waals surface area contributed by atoms with Gasteiger partial charge < -0.3 is 10.2 Å². The van der Waals surface area contributed by atoms with Crippen LogP contribution in [0, 0.1) is 11.8 Å². The van der Waals surface area contributed by atoms with Crippen molar-refractivity contribution in [1.82, 2.24) is 5.32 Å². The van der Waals surface area contributed by atoms with Gasteiger partial charge in [-0.1, -0.05) is 31.5 Å². The largest absolute Gasteiger partial charge is 0.371 e. The minimum absolute atomic E-state index is 0.802. The third-order valence-electron chi connectivity index (χ3n) is 4.48. The van der Waals surface area contributed by atoms with Crippen LogP contribution >= 0.6 is 11.6 Å². The fourth-order valence-electron chi connectivity index (χ4n) is 3.11. The molecule has 0 bridgehead atoms. The van der Waals surface area contributed by atoms with Crippen LogP contribution in [0.15, 0.2) is 18.2 Å². The maximum absolute atomic E-state index is 6.38. The second kappa shape index (κ2) is 7.33. The van der Waals surface area contributed by atoms with E-state index in [1.165, 1.54) is 30.5 Å². The molecule has 2 rings (SSSR count). The molecule has 1 saturated heterocycles. The molecule has 3 heteroatoms. The molecule has 20 heavy (non-hydrogen) atoms. The van der Waals surface area contributed by atoms with Crippen LogP contribution in [-0.2, 0) is 6.54 Å². The Hall–Kier alpha value is -0.730. The van der Waals surface area contributed by atoms with Crippen LogP contribution in [0.2, 0.25) is 5.02 Å². The molecule has 0 radical (unpaired) electrons. The predicted molar refractivity (Wildman–Crippen MR) is 88.6 cm³/mol. The number of hydrogen-bond acceptors (Lipinski definition) is 2. The summed E-state index contributed by atoms with van der Waals surface area (Å²) in [6, 6.07) is 6.50. The molecule has 0 aliphatic carbocycles. The van der Waals surface area contributed by atoms with Crippen molar-refractivity contribution in [2.45, 2.75) is 39.7 Å². The number of benzene rings is 1. The van der Waals surface area contributed by atoms with E-state index in [0.717, 1.165) is 36.5 Å². The van der Waals surface area contributed by atoms with Crippen molar-refractivity contribution in [2.24, 2.45) is 11.8 Å². The molecule has 1 heterocycles. The lowest BCUT2D eigenvalue weighted by Gasteiger charge is -2.24. The Labute approximate surface area is 128 Å². The summed E-state index contributed by atoms with van der Waals surface area (Å²) in [5, 5.41) is 4.03. The van der Waals surface area contributed by atoms with E-state index in [2.05, 4.69) is 42.3 Å². The maximum atomic E-state index is 6.38. The molecule has 1 fully saturated rings. The molecule has 0 spiro atoms. The van der Waals surface area contributed by atoms with Crippen LogP contribution in [0.4, 0.5) is 5.69 Å². The molecule has 0 amide bonds. The van der Waals surface area contributed by atoms with Gasteiger partial charge in [-0.15, -0.1) is 0 Å². The van der Waals surface area contributed by atoms with E-state index in [0.29, 0.717) is 0 Å². The number of hydrogen-bond donors (Lipinski definition) is 1. The molecule has 0 aromatic heterocycles. The number of anilines is 1. The zero-order chi connectivity index (χ0) is 14.5. The summed E-state index contributed by atoms with van der Waals surface area (Å²) in [5.74, 6) is 1.68. The van der Waals surface area contributed by atoms with Gasteiger partial charge in [-0.25, -0.2) is 0 Å². The van der Waals surface area contributed by atoms with Gasteiger partial charge in [-0.2, -0.15) is 0 Å². The molecule has 1 aromatic carbocycles. The molecule has 1 aliphatic rings. The lowest BCUT2D eigenvalue weighted by atomic mass is 9.89. The molecular weight excluding hydrogens is 268 g/mol. The van der Waals surface area contributed by atoms with Gasteiger partial charge in [-0.3, -0.25) is 0 Å². The third-order valence-corrected chi connectivity index (χ3v) is 4.84. The summed E-state index contributed by atoms with van der Waals surface area (Å²) in [6.07, 6.45) is 3.95. The minimum Gasteiger partial charge on any atom is -0.371 e. The normalized spacial score (nSPS) is 20.2. The Bertz CT molecular complexity index is 431. The SMILES string of the molecule is CNCc1ccc(N2CCCC(C(C)C)CC2)cc1Cl. The summed E-state index contributed by atoms with van der Waals surface area (Å²) >= 11 is 6.38. The number of halogens is 1. The average Bonchev–Trinajstić information content (AvgIpc) is 2.67. The topological polar surface area (TPSA) is 15.3 Å². The summed E-state index contributed by atoms with van der Waals surface area (Å²) in [4.78, 5) is 2.50. The van der Waals surface area contributed by atoms with E-state index >= 15 is 0 Å². The highest BCUT2D eigenvalue weighted by atomic mass is 35.5. The number of nitrogens with zero attached hydrogens (tertiary/aromatic N) is 1. The van der Waals surface area contributed by atoms with Crippen LogP contribution in [0.25, 0.3) is 0 Å². The van der Waals surface area contributed by atoms with Gasteiger partial charge in [0.05, 0.1) is 0 Å². The van der Waals surface area contributed by atoms with Gasteiger partial charge in [0.1, 0.15) is 0 Å². The van der Waals surface area contributed by atoms with Crippen molar-refractivity contribution < 1.29 is 0 Å². The molecule has 1 aliphatic heterocycles. The Morgan fingerprint density at radius 3 is 2.75 bits per heavy atom. The Balaban J connectivity index is 2.06. The van der Waals surface area contributed by atoms with Crippen LogP contribution in [0.1, 0.15) is 38.7 Å². The van der Waals surface area contributed by atoms with Crippen molar-refractivity contribution >= 4 is 17.3 Å². The molecule has 2 nitrogen and oxygen atoms in total. The molecule has 112 valence electrons. The molecule has 1 unspecified atom stereocenters. The van der Waals surface area contributed by atoms with Crippen molar-refractivity contribution in [3.8, 4) is 0 Å². The number of nitrogens with one attached hydrogen (secondary N) is 1. The first-order valence-corrected chi connectivity index (χ1v) is 8.17. The molecule has 1 aromatic rings. The fourth-order valence-corrected chi connectivity index (χ4v) is 3.36. The standard InChI is InChI=1S/C17H27ClN2/c1-13(2)14-5-4-9-20(10-8-14)16-7-6-15(12-19-3)17(18)11-16/h6-7,11,13-14,19H,4-5,8-10,12H2,1-3H3. The predicted octanol–water partition coefficient (Wildman–Crippen LogP) is 4.32. The maximum Gasteiger partial charge on any atom is 0.0471 e. The minimum atomic E-state index is 0.802. The second-order valence-corrected chi connectivity index (χ2v) is 6.64.